The normalized spacial score (nSPS) is 10.2. The van der Waals surface area contributed by atoms with Crippen molar-refractivity contribution in [3.8, 4) is 0 Å². The molecule has 0 bridgehead atoms. The third-order valence-corrected chi connectivity index (χ3v) is 2.81. The summed E-state index contributed by atoms with van der Waals surface area (Å²) < 4.78 is 4.50. The molecule has 0 radical (unpaired) electrons. The molecule has 0 aliphatic carbocycles. The van der Waals surface area contributed by atoms with Gasteiger partial charge in [0.2, 0.25) is 6.08 Å². The molecule has 0 saturated carbocycles. The number of methoxy groups -OCH3 is 1. The van der Waals surface area contributed by atoms with Gasteiger partial charge in [-0.05, 0) is 6.07 Å². The van der Waals surface area contributed by atoms with Crippen molar-refractivity contribution in [3.05, 3.63) is 17.5 Å². The fourth-order valence-corrected chi connectivity index (χ4v) is 1.90. The molecule has 1 atom stereocenters. The lowest BCUT2D eigenvalue weighted by atomic mass is 10.6. The number of carbonyl (C=O) groups excluding carboxylic acids is 2. The molecule has 0 amide bonds. The van der Waals surface area contributed by atoms with Crippen LogP contribution in [0, 0.1) is 0 Å². The first-order valence-electron chi connectivity index (χ1n) is 3.07. The summed E-state index contributed by atoms with van der Waals surface area (Å²) in [5.74, 6) is 0. The largest absolute Gasteiger partial charge is 0.556 e. The Bertz CT molecular complexity index is 338. The molecule has 0 spiro atoms. The van der Waals surface area contributed by atoms with Crippen molar-refractivity contribution in [1.82, 2.24) is 0 Å². The molecule has 1 heterocycles. The van der Waals surface area contributed by atoms with Gasteiger partial charge in [0.1, 0.15) is 10.5 Å². The number of nitrogens with zero attached hydrogens (tertiary/aromatic N) is 1. The summed E-state index contributed by atoms with van der Waals surface area (Å²) in [6.45, 7) is 0. The van der Waals surface area contributed by atoms with E-state index < -0.39 is 15.8 Å². The smallest absolute Gasteiger partial charge is 0.425 e. The lowest BCUT2D eigenvalue weighted by Gasteiger charge is -1.84. The average Bonchev–Trinajstić information content (AvgIpc) is 2.52. The van der Waals surface area contributed by atoms with Gasteiger partial charge in [-0.3, -0.25) is 0 Å². The molecule has 0 aliphatic heterocycles. The van der Waals surface area contributed by atoms with Crippen LogP contribution in [0.15, 0.2) is 22.5 Å². The van der Waals surface area contributed by atoms with Gasteiger partial charge in [-0.25, -0.2) is 4.79 Å². The zero-order chi connectivity index (χ0) is 8.97. The van der Waals surface area contributed by atoms with E-state index >= 15 is 0 Å². The summed E-state index contributed by atoms with van der Waals surface area (Å²) in [6, 6.07) is 3.25. The number of carbonyl (C=O) groups is 1. The van der Waals surface area contributed by atoms with Crippen LogP contribution in [0.1, 0.15) is 0 Å². The fourth-order valence-electron chi connectivity index (χ4n) is 0.705. The van der Waals surface area contributed by atoms with Gasteiger partial charge in [-0.2, -0.15) is 4.79 Å². The predicted molar refractivity (Wildman–Crippen MR) is 44.5 cm³/mol. The van der Waals surface area contributed by atoms with Gasteiger partial charge in [-0.15, -0.1) is 4.99 Å². The van der Waals surface area contributed by atoms with Crippen molar-refractivity contribution in [2.45, 2.75) is 0 Å². The molecular formula is C7H6NO3S+. The minimum Gasteiger partial charge on any atom is -0.425 e. The van der Waals surface area contributed by atoms with Crippen LogP contribution in [0.5, 0.6) is 0 Å². The Labute approximate surface area is 71.5 Å². The molecule has 1 aromatic heterocycles. The second-order valence-electron chi connectivity index (χ2n) is 1.83. The first-order chi connectivity index (χ1) is 5.79. The Kier molecular flexibility index (Phi) is 2.74. The van der Waals surface area contributed by atoms with Crippen molar-refractivity contribution in [3.63, 3.8) is 0 Å². The topological polar surface area (TPSA) is 55.7 Å². The highest BCUT2D eigenvalue weighted by molar-refractivity contribution is 7.52. The summed E-state index contributed by atoms with van der Waals surface area (Å²) in [6.07, 6.45) is 1.38. The first kappa shape index (κ1) is 8.64. The Hall–Kier alpha value is -1.45. The minimum absolute atomic E-state index is 0.394. The van der Waals surface area contributed by atoms with E-state index in [1.807, 2.05) is 0 Å². The monoisotopic (exact) mass is 184 g/mol. The number of rotatable bonds is 2. The summed E-state index contributed by atoms with van der Waals surface area (Å²) in [4.78, 5) is 24.3. The zero-order valence-corrected chi connectivity index (χ0v) is 7.13. The van der Waals surface area contributed by atoms with E-state index in [9.17, 15) is 9.59 Å². The van der Waals surface area contributed by atoms with Gasteiger partial charge in [0.15, 0.2) is 5.38 Å². The number of aliphatic imine (C=N–C) groups is 1. The molecule has 5 heteroatoms. The zero-order valence-electron chi connectivity index (χ0n) is 6.31. The molecule has 0 fully saturated rings. The quantitative estimate of drug-likeness (QED) is 0.306. The second-order valence-corrected chi connectivity index (χ2v) is 3.53. The first-order valence-corrected chi connectivity index (χ1v) is 4.36. The molecule has 1 rings (SSSR count). The molecule has 4 nitrogen and oxygen atoms in total. The van der Waals surface area contributed by atoms with Crippen LogP contribution in [0.4, 0.5) is 9.80 Å². The summed E-state index contributed by atoms with van der Waals surface area (Å²) in [5, 5.41) is 1.65. The number of hydrogen-bond donors (Lipinski definition) is 0. The fraction of sp³-hybridized carbons (Fsp3) is 0.143. The Balaban J connectivity index is 3.06. The maximum absolute atomic E-state index is 11.0. The lowest BCUT2D eigenvalue weighted by Crippen LogP contribution is -1.89. The summed E-state index contributed by atoms with van der Waals surface area (Å²) >= 11 is 0. The van der Waals surface area contributed by atoms with Crippen LogP contribution in [-0.2, 0) is 9.53 Å². The SMILES string of the molecule is COC(=O)[s+]1cccc1N=C=O. The van der Waals surface area contributed by atoms with Crippen LogP contribution in [-0.4, -0.2) is 18.5 Å². The number of thiophene rings is 1. The van der Waals surface area contributed by atoms with E-state index in [2.05, 4.69) is 9.73 Å². The van der Waals surface area contributed by atoms with Gasteiger partial charge >= 0.3 is 5.30 Å². The second kappa shape index (κ2) is 3.80. The van der Waals surface area contributed by atoms with Crippen molar-refractivity contribution in [1.29, 1.82) is 0 Å². The van der Waals surface area contributed by atoms with Crippen molar-refractivity contribution in [2.24, 2.45) is 4.99 Å². The highest BCUT2D eigenvalue weighted by atomic mass is 32.2. The number of isocyanates is 1. The number of hydrogen-bond acceptors (Lipinski definition) is 4. The minimum atomic E-state index is -0.819. The summed E-state index contributed by atoms with van der Waals surface area (Å²) in [7, 11) is 0.476. The lowest BCUT2D eigenvalue weighted by molar-refractivity contribution is 0.199. The highest BCUT2D eigenvalue weighted by Crippen LogP contribution is 2.33. The molecule has 0 saturated heterocycles. The van der Waals surface area contributed by atoms with Gasteiger partial charge in [0, 0.05) is 6.07 Å². The molecule has 0 aromatic carbocycles. The van der Waals surface area contributed by atoms with E-state index in [0.29, 0.717) is 5.00 Å². The van der Waals surface area contributed by atoms with E-state index in [-0.39, 0.29) is 0 Å². The van der Waals surface area contributed by atoms with Gasteiger partial charge in [0.05, 0.1) is 7.11 Å². The van der Waals surface area contributed by atoms with E-state index in [1.165, 1.54) is 13.2 Å². The van der Waals surface area contributed by atoms with Gasteiger partial charge < -0.3 is 4.74 Å². The average molecular weight is 184 g/mol. The Morgan fingerprint density at radius 1 is 1.75 bits per heavy atom. The van der Waals surface area contributed by atoms with Crippen LogP contribution in [0.25, 0.3) is 0 Å². The van der Waals surface area contributed by atoms with Crippen LogP contribution in [0.2, 0.25) is 0 Å². The van der Waals surface area contributed by atoms with E-state index in [1.54, 1.807) is 17.5 Å². The molecule has 1 aromatic rings. The molecule has 0 N–H and O–H groups in total. The van der Waals surface area contributed by atoms with Crippen molar-refractivity contribution in [2.75, 3.05) is 7.11 Å². The molecular weight excluding hydrogens is 178 g/mol. The maximum atomic E-state index is 11.0. The van der Waals surface area contributed by atoms with Crippen molar-refractivity contribution >= 4 is 26.9 Å². The van der Waals surface area contributed by atoms with Gasteiger partial charge in [-0.1, -0.05) is 0 Å². The highest BCUT2D eigenvalue weighted by Gasteiger charge is 2.23. The Morgan fingerprint density at radius 2 is 2.50 bits per heavy atom. The molecule has 62 valence electrons. The third kappa shape index (κ3) is 1.58. The van der Waals surface area contributed by atoms with Crippen LogP contribution >= 0.6 is 10.5 Å². The molecule has 1 unspecified atom stereocenters. The predicted octanol–water partition coefficient (Wildman–Crippen LogP) is 2.02. The van der Waals surface area contributed by atoms with E-state index in [4.69, 9.17) is 0 Å². The summed E-state index contributed by atoms with van der Waals surface area (Å²) in [5.41, 5.74) is 0. The van der Waals surface area contributed by atoms with Crippen molar-refractivity contribution < 1.29 is 14.3 Å². The third-order valence-electron chi connectivity index (χ3n) is 1.18. The number of ether oxygens (including phenoxy) is 1. The maximum Gasteiger partial charge on any atom is 0.556 e. The molecule has 12 heavy (non-hydrogen) atoms. The van der Waals surface area contributed by atoms with Crippen LogP contribution in [0.3, 0.4) is 0 Å². The standard InChI is InChI=1S/C7H6NO3S/c1-11-7(10)12-4-2-3-6(12)8-5-9/h2-4H,1H3/q+1. The van der Waals surface area contributed by atoms with Crippen LogP contribution < -0.4 is 0 Å². The Morgan fingerprint density at radius 3 is 3.08 bits per heavy atom. The molecule has 0 aliphatic rings. The van der Waals surface area contributed by atoms with Gasteiger partial charge in [0.25, 0.3) is 5.00 Å². The van der Waals surface area contributed by atoms with E-state index in [0.717, 1.165) is 0 Å².